The van der Waals surface area contributed by atoms with Crippen molar-refractivity contribution in [3.8, 4) is 0 Å². The van der Waals surface area contributed by atoms with Crippen molar-refractivity contribution in [2.75, 3.05) is 6.54 Å². The van der Waals surface area contributed by atoms with Crippen molar-refractivity contribution in [3.05, 3.63) is 104 Å². The van der Waals surface area contributed by atoms with Gasteiger partial charge in [-0.05, 0) is 47.4 Å². The minimum Gasteiger partial charge on any atom is -0.327 e. The molecule has 3 aromatic carbocycles. The highest BCUT2D eigenvalue weighted by Gasteiger charge is 2.33. The van der Waals surface area contributed by atoms with Crippen LogP contribution in [-0.2, 0) is 6.42 Å². The zero-order valence-electron chi connectivity index (χ0n) is 14.3. The number of carbonyl (C=O) groups is 1. The lowest BCUT2D eigenvalue weighted by atomic mass is 9.87. The normalized spacial score (nSPS) is 16.1. The Morgan fingerprint density at radius 2 is 1.48 bits per heavy atom. The topological polar surface area (TPSA) is 20.3 Å². The van der Waals surface area contributed by atoms with Crippen LogP contribution in [0.3, 0.4) is 0 Å². The van der Waals surface area contributed by atoms with Gasteiger partial charge in [0.2, 0.25) is 0 Å². The maximum absolute atomic E-state index is 13.4. The summed E-state index contributed by atoms with van der Waals surface area (Å²) < 4.78 is 0. The number of carbonyl (C=O) groups excluding carboxylic acids is 1. The summed E-state index contributed by atoms with van der Waals surface area (Å²) in [5.74, 6) is -0.112. The van der Waals surface area contributed by atoms with Crippen molar-refractivity contribution >= 4 is 40.7 Å². The number of benzene rings is 3. The second-order valence-electron chi connectivity index (χ2n) is 6.53. The third-order valence-electron chi connectivity index (χ3n) is 4.85. The van der Waals surface area contributed by atoms with Crippen LogP contribution in [0.2, 0.25) is 15.1 Å². The molecule has 27 heavy (non-hydrogen) atoms. The molecule has 0 aliphatic carbocycles. The molecule has 0 bridgehead atoms. The van der Waals surface area contributed by atoms with Gasteiger partial charge in [0.25, 0.3) is 5.91 Å². The van der Waals surface area contributed by atoms with Gasteiger partial charge in [-0.2, -0.15) is 0 Å². The first-order chi connectivity index (χ1) is 13.0. The van der Waals surface area contributed by atoms with E-state index in [0.29, 0.717) is 27.2 Å². The second-order valence-corrected chi connectivity index (χ2v) is 7.81. The van der Waals surface area contributed by atoms with Crippen LogP contribution in [0.25, 0.3) is 0 Å². The summed E-state index contributed by atoms with van der Waals surface area (Å²) in [6.45, 7) is 0.593. The molecule has 5 heteroatoms. The van der Waals surface area contributed by atoms with Crippen molar-refractivity contribution < 1.29 is 4.79 Å². The van der Waals surface area contributed by atoms with Gasteiger partial charge in [-0.1, -0.05) is 77.3 Å². The van der Waals surface area contributed by atoms with Crippen LogP contribution in [0.4, 0.5) is 0 Å². The second kappa shape index (κ2) is 7.55. The molecule has 0 saturated carbocycles. The summed E-state index contributed by atoms with van der Waals surface area (Å²) in [4.78, 5) is 15.2. The van der Waals surface area contributed by atoms with Crippen LogP contribution in [0.1, 0.15) is 33.1 Å². The Labute approximate surface area is 173 Å². The quantitative estimate of drug-likeness (QED) is 0.471. The van der Waals surface area contributed by atoms with Gasteiger partial charge in [-0.3, -0.25) is 4.79 Å². The predicted molar refractivity (Wildman–Crippen MR) is 111 cm³/mol. The summed E-state index contributed by atoms with van der Waals surface area (Å²) in [6.07, 6.45) is 0.789. The van der Waals surface area contributed by atoms with Gasteiger partial charge in [0.1, 0.15) is 0 Å². The molecule has 0 unspecified atom stereocenters. The summed E-state index contributed by atoms with van der Waals surface area (Å²) >= 11 is 18.7. The highest BCUT2D eigenvalue weighted by molar-refractivity contribution is 6.35. The van der Waals surface area contributed by atoms with E-state index in [4.69, 9.17) is 34.8 Å². The van der Waals surface area contributed by atoms with Gasteiger partial charge < -0.3 is 4.90 Å². The molecule has 0 aromatic heterocycles. The average Bonchev–Trinajstić information content (AvgIpc) is 2.66. The van der Waals surface area contributed by atoms with E-state index < -0.39 is 0 Å². The van der Waals surface area contributed by atoms with E-state index in [1.807, 2.05) is 41.3 Å². The fourth-order valence-corrected chi connectivity index (χ4v) is 4.43. The predicted octanol–water partition coefficient (Wildman–Crippen LogP) is 6.43. The number of hydrogen-bond acceptors (Lipinski definition) is 1. The SMILES string of the molecule is O=C(c1cc(Cl)cc(Cl)c1)N1CCc2ccccc2[C@H]1c1ccccc1Cl. The third-order valence-corrected chi connectivity index (χ3v) is 5.63. The van der Waals surface area contributed by atoms with Crippen LogP contribution in [-0.4, -0.2) is 17.4 Å². The fraction of sp³-hybridized carbons (Fsp3) is 0.136. The number of fused-ring (bicyclic) bond motifs is 1. The monoisotopic (exact) mass is 415 g/mol. The fourth-order valence-electron chi connectivity index (χ4n) is 3.66. The zero-order valence-corrected chi connectivity index (χ0v) is 16.6. The van der Waals surface area contributed by atoms with Crippen LogP contribution in [0.15, 0.2) is 66.7 Å². The first-order valence-electron chi connectivity index (χ1n) is 8.64. The third kappa shape index (κ3) is 3.58. The van der Waals surface area contributed by atoms with Crippen molar-refractivity contribution in [2.45, 2.75) is 12.5 Å². The van der Waals surface area contributed by atoms with Crippen LogP contribution >= 0.6 is 34.8 Å². The van der Waals surface area contributed by atoms with E-state index >= 15 is 0 Å². The van der Waals surface area contributed by atoms with Crippen LogP contribution in [0.5, 0.6) is 0 Å². The largest absolute Gasteiger partial charge is 0.327 e. The smallest absolute Gasteiger partial charge is 0.254 e. The zero-order chi connectivity index (χ0) is 19.0. The number of halogens is 3. The Morgan fingerprint density at radius 3 is 2.19 bits per heavy atom. The molecule has 1 heterocycles. The molecular weight excluding hydrogens is 401 g/mol. The molecule has 1 aliphatic heterocycles. The minimum atomic E-state index is -0.256. The maximum Gasteiger partial charge on any atom is 0.254 e. The molecule has 0 saturated heterocycles. The number of nitrogens with zero attached hydrogens (tertiary/aromatic N) is 1. The Kier molecular flexibility index (Phi) is 5.14. The molecule has 0 N–H and O–H groups in total. The van der Waals surface area contributed by atoms with E-state index in [0.717, 1.165) is 17.5 Å². The van der Waals surface area contributed by atoms with Gasteiger partial charge in [-0.25, -0.2) is 0 Å². The Balaban J connectivity index is 1.84. The molecule has 1 amide bonds. The van der Waals surface area contributed by atoms with Gasteiger partial charge in [0, 0.05) is 27.2 Å². The Morgan fingerprint density at radius 1 is 0.852 bits per heavy atom. The van der Waals surface area contributed by atoms with Gasteiger partial charge in [0.15, 0.2) is 0 Å². The summed E-state index contributed by atoms with van der Waals surface area (Å²) in [7, 11) is 0. The highest BCUT2D eigenvalue weighted by atomic mass is 35.5. The van der Waals surface area contributed by atoms with Crippen molar-refractivity contribution in [2.24, 2.45) is 0 Å². The number of hydrogen-bond donors (Lipinski definition) is 0. The lowest BCUT2D eigenvalue weighted by Gasteiger charge is -2.38. The van der Waals surface area contributed by atoms with E-state index in [9.17, 15) is 4.79 Å². The van der Waals surface area contributed by atoms with Crippen LogP contribution < -0.4 is 0 Å². The molecule has 0 spiro atoms. The van der Waals surface area contributed by atoms with Crippen molar-refractivity contribution in [1.82, 2.24) is 4.90 Å². The molecule has 2 nitrogen and oxygen atoms in total. The molecule has 1 aliphatic rings. The summed E-state index contributed by atoms with van der Waals surface area (Å²) in [6, 6.07) is 20.5. The Bertz CT molecular complexity index is 998. The van der Waals surface area contributed by atoms with Crippen molar-refractivity contribution in [1.29, 1.82) is 0 Å². The maximum atomic E-state index is 13.4. The Hall–Kier alpha value is -2.00. The standard InChI is InChI=1S/C22H16Cl3NO/c23-16-11-15(12-17(24)13-16)22(27)26-10-9-14-5-1-2-6-18(14)21(26)19-7-3-4-8-20(19)25/h1-8,11-13,21H,9-10H2/t21-/m0/s1. The van der Waals surface area contributed by atoms with Gasteiger partial charge >= 0.3 is 0 Å². The molecule has 136 valence electrons. The molecular formula is C22H16Cl3NO. The van der Waals surface area contributed by atoms with E-state index in [-0.39, 0.29) is 11.9 Å². The van der Waals surface area contributed by atoms with Gasteiger partial charge in [-0.15, -0.1) is 0 Å². The lowest BCUT2D eigenvalue weighted by Crippen LogP contribution is -2.40. The number of amides is 1. The first kappa shape index (κ1) is 18.4. The minimum absolute atomic E-state index is 0.112. The molecule has 1 atom stereocenters. The van der Waals surface area contributed by atoms with E-state index in [2.05, 4.69) is 12.1 Å². The molecule has 4 rings (SSSR count). The van der Waals surface area contributed by atoms with Crippen LogP contribution in [0, 0.1) is 0 Å². The van der Waals surface area contributed by atoms with E-state index in [1.165, 1.54) is 5.56 Å². The average molecular weight is 417 g/mol. The highest BCUT2D eigenvalue weighted by Crippen LogP contribution is 2.39. The summed E-state index contributed by atoms with van der Waals surface area (Å²) in [5, 5.41) is 1.52. The molecule has 0 fully saturated rings. The number of rotatable bonds is 2. The van der Waals surface area contributed by atoms with Crippen molar-refractivity contribution in [3.63, 3.8) is 0 Å². The lowest BCUT2D eigenvalue weighted by molar-refractivity contribution is 0.0694. The first-order valence-corrected chi connectivity index (χ1v) is 9.77. The van der Waals surface area contributed by atoms with Gasteiger partial charge in [0.05, 0.1) is 6.04 Å². The molecule has 3 aromatic rings. The molecule has 0 radical (unpaired) electrons. The van der Waals surface area contributed by atoms with E-state index in [1.54, 1.807) is 18.2 Å². The summed E-state index contributed by atoms with van der Waals surface area (Å²) in [5.41, 5.74) is 3.71.